The SMILES string of the molecule is Clc1ccccc1.c1ccc2c(c1)c1cccc3ccc4cccc2c4c31. The standard InChI is InChI=1S/C20H12.C6H5Cl/c1-2-8-16-15(7-1)17-9-3-5-13-11-12-14-6-4-10-18(16)20(14)19(13)17;7-6-4-2-1-3-5-6/h1-12H;1-5H. The Bertz CT molecular complexity index is 1280. The van der Waals surface area contributed by atoms with E-state index in [2.05, 4.69) is 72.8 Å². The Morgan fingerprint density at radius 1 is 0.370 bits per heavy atom. The van der Waals surface area contributed by atoms with E-state index in [-0.39, 0.29) is 0 Å². The van der Waals surface area contributed by atoms with Crippen molar-refractivity contribution in [3.05, 3.63) is 108 Å². The summed E-state index contributed by atoms with van der Waals surface area (Å²) in [7, 11) is 0. The highest BCUT2D eigenvalue weighted by Gasteiger charge is 2.11. The van der Waals surface area contributed by atoms with Crippen LogP contribution < -0.4 is 0 Å². The predicted molar refractivity (Wildman–Crippen MR) is 119 cm³/mol. The molecule has 0 aliphatic heterocycles. The van der Waals surface area contributed by atoms with Crippen molar-refractivity contribution >= 4 is 54.7 Å². The molecule has 0 atom stereocenters. The topological polar surface area (TPSA) is 0 Å². The lowest BCUT2D eigenvalue weighted by atomic mass is 9.89. The van der Waals surface area contributed by atoms with Crippen molar-refractivity contribution in [2.24, 2.45) is 0 Å². The van der Waals surface area contributed by atoms with E-state index in [1.807, 2.05) is 30.3 Å². The van der Waals surface area contributed by atoms with Crippen molar-refractivity contribution in [2.45, 2.75) is 0 Å². The fourth-order valence-corrected chi connectivity index (χ4v) is 4.12. The van der Waals surface area contributed by atoms with Crippen LogP contribution in [0.2, 0.25) is 5.02 Å². The lowest BCUT2D eigenvalue weighted by molar-refractivity contribution is 1.71. The molecule has 27 heavy (non-hydrogen) atoms. The van der Waals surface area contributed by atoms with Gasteiger partial charge in [0.05, 0.1) is 0 Å². The molecule has 0 saturated carbocycles. The fourth-order valence-electron chi connectivity index (χ4n) is 3.97. The third kappa shape index (κ3) is 2.70. The van der Waals surface area contributed by atoms with Gasteiger partial charge in [-0.15, -0.1) is 0 Å². The van der Waals surface area contributed by atoms with Gasteiger partial charge in [-0.3, -0.25) is 0 Å². The minimum atomic E-state index is 0.794. The Balaban J connectivity index is 0.000000195. The molecule has 0 heterocycles. The monoisotopic (exact) mass is 364 g/mol. The molecule has 0 fully saturated rings. The highest BCUT2D eigenvalue weighted by Crippen LogP contribution is 2.40. The van der Waals surface area contributed by atoms with Gasteiger partial charge in [-0.1, -0.05) is 103 Å². The molecule has 6 aromatic rings. The van der Waals surface area contributed by atoms with Gasteiger partial charge in [-0.25, -0.2) is 0 Å². The van der Waals surface area contributed by atoms with Crippen LogP contribution in [-0.4, -0.2) is 0 Å². The highest BCUT2D eigenvalue weighted by molar-refractivity contribution is 6.33. The lowest BCUT2D eigenvalue weighted by Crippen LogP contribution is -1.86. The number of hydrogen-bond donors (Lipinski definition) is 0. The molecule has 0 aliphatic rings. The van der Waals surface area contributed by atoms with Crippen LogP contribution in [0.25, 0.3) is 43.1 Å². The molecule has 6 rings (SSSR count). The molecule has 0 unspecified atom stereocenters. The second-order valence-electron chi connectivity index (χ2n) is 6.71. The molecule has 0 spiro atoms. The quantitative estimate of drug-likeness (QED) is 0.189. The maximum absolute atomic E-state index is 5.54. The van der Waals surface area contributed by atoms with Gasteiger partial charge in [0.2, 0.25) is 0 Å². The van der Waals surface area contributed by atoms with Crippen molar-refractivity contribution in [3.8, 4) is 0 Å². The zero-order valence-corrected chi connectivity index (χ0v) is 15.4. The van der Waals surface area contributed by atoms with Gasteiger partial charge in [0.15, 0.2) is 0 Å². The van der Waals surface area contributed by atoms with E-state index in [0.29, 0.717) is 0 Å². The second kappa shape index (κ2) is 6.57. The van der Waals surface area contributed by atoms with Gasteiger partial charge in [-0.05, 0) is 55.2 Å². The summed E-state index contributed by atoms with van der Waals surface area (Å²) in [4.78, 5) is 0. The Morgan fingerprint density at radius 2 is 0.815 bits per heavy atom. The number of halogens is 1. The van der Waals surface area contributed by atoms with E-state index in [4.69, 9.17) is 11.6 Å². The normalized spacial score (nSPS) is 11.1. The van der Waals surface area contributed by atoms with E-state index in [9.17, 15) is 0 Å². The van der Waals surface area contributed by atoms with Gasteiger partial charge in [0.1, 0.15) is 0 Å². The first-order valence-electron chi connectivity index (χ1n) is 9.08. The molecule has 0 aromatic heterocycles. The summed E-state index contributed by atoms with van der Waals surface area (Å²) in [5.74, 6) is 0. The Labute approximate surface area is 163 Å². The molecule has 0 nitrogen and oxygen atoms in total. The summed E-state index contributed by atoms with van der Waals surface area (Å²) in [5.41, 5.74) is 0. The van der Waals surface area contributed by atoms with Crippen LogP contribution in [0, 0.1) is 0 Å². The van der Waals surface area contributed by atoms with Crippen LogP contribution in [0.5, 0.6) is 0 Å². The Morgan fingerprint density at radius 3 is 1.26 bits per heavy atom. The fraction of sp³-hybridized carbons (Fsp3) is 0. The van der Waals surface area contributed by atoms with Gasteiger partial charge in [0.25, 0.3) is 0 Å². The zero-order valence-electron chi connectivity index (χ0n) is 14.7. The smallest absolute Gasteiger partial charge is 0.0405 e. The third-order valence-corrected chi connectivity index (χ3v) is 5.38. The van der Waals surface area contributed by atoms with E-state index in [1.54, 1.807) is 0 Å². The van der Waals surface area contributed by atoms with Gasteiger partial charge in [-0.2, -0.15) is 0 Å². The number of rotatable bonds is 0. The summed E-state index contributed by atoms with van der Waals surface area (Å²) in [6, 6.07) is 35.9. The van der Waals surface area contributed by atoms with Crippen LogP contribution in [0.4, 0.5) is 0 Å². The molecule has 128 valence electrons. The summed E-state index contributed by atoms with van der Waals surface area (Å²) in [6.07, 6.45) is 0. The van der Waals surface area contributed by atoms with Gasteiger partial charge >= 0.3 is 0 Å². The van der Waals surface area contributed by atoms with Crippen molar-refractivity contribution in [2.75, 3.05) is 0 Å². The van der Waals surface area contributed by atoms with Crippen LogP contribution in [0.1, 0.15) is 0 Å². The first-order valence-corrected chi connectivity index (χ1v) is 9.45. The molecule has 0 aliphatic carbocycles. The average molecular weight is 365 g/mol. The van der Waals surface area contributed by atoms with Crippen molar-refractivity contribution in [1.82, 2.24) is 0 Å². The first-order chi connectivity index (χ1) is 13.3. The van der Waals surface area contributed by atoms with Crippen LogP contribution in [0.15, 0.2) is 103 Å². The van der Waals surface area contributed by atoms with Crippen LogP contribution in [-0.2, 0) is 0 Å². The number of hydrogen-bond acceptors (Lipinski definition) is 0. The van der Waals surface area contributed by atoms with Crippen LogP contribution >= 0.6 is 11.6 Å². The minimum absolute atomic E-state index is 0.794. The molecule has 0 amide bonds. The second-order valence-corrected chi connectivity index (χ2v) is 7.15. The summed E-state index contributed by atoms with van der Waals surface area (Å²) >= 11 is 5.54. The first kappa shape index (κ1) is 16.1. The predicted octanol–water partition coefficient (Wildman–Crippen LogP) is 8.08. The highest BCUT2D eigenvalue weighted by atomic mass is 35.5. The van der Waals surface area contributed by atoms with Crippen LogP contribution in [0.3, 0.4) is 0 Å². The molecular weight excluding hydrogens is 348 g/mol. The Hall–Kier alpha value is -3.09. The molecule has 0 bridgehead atoms. The van der Waals surface area contributed by atoms with E-state index in [1.165, 1.54) is 43.1 Å². The van der Waals surface area contributed by atoms with E-state index in [0.717, 1.165) is 5.02 Å². The van der Waals surface area contributed by atoms with Crippen molar-refractivity contribution in [1.29, 1.82) is 0 Å². The van der Waals surface area contributed by atoms with Crippen molar-refractivity contribution < 1.29 is 0 Å². The maximum Gasteiger partial charge on any atom is 0.0405 e. The van der Waals surface area contributed by atoms with Crippen molar-refractivity contribution in [3.63, 3.8) is 0 Å². The average Bonchev–Trinajstić information content (AvgIpc) is 2.74. The zero-order chi connectivity index (χ0) is 18.2. The minimum Gasteiger partial charge on any atom is -0.0843 e. The summed E-state index contributed by atoms with van der Waals surface area (Å²) in [6.45, 7) is 0. The van der Waals surface area contributed by atoms with E-state index < -0.39 is 0 Å². The molecular formula is C26H17Cl. The van der Waals surface area contributed by atoms with E-state index >= 15 is 0 Å². The molecule has 0 saturated heterocycles. The summed E-state index contributed by atoms with van der Waals surface area (Å²) in [5, 5.41) is 11.7. The molecule has 6 aromatic carbocycles. The number of fused-ring (bicyclic) bond motifs is 3. The van der Waals surface area contributed by atoms with Gasteiger partial charge < -0.3 is 0 Å². The molecule has 1 heteroatoms. The molecule has 0 radical (unpaired) electrons. The third-order valence-electron chi connectivity index (χ3n) is 5.13. The molecule has 0 N–H and O–H groups in total. The maximum atomic E-state index is 5.54. The largest absolute Gasteiger partial charge is 0.0843 e. The number of benzene rings is 6. The van der Waals surface area contributed by atoms with Gasteiger partial charge in [0, 0.05) is 5.02 Å². The lowest BCUT2D eigenvalue weighted by Gasteiger charge is -2.14. The summed E-state index contributed by atoms with van der Waals surface area (Å²) < 4.78 is 0. The Kier molecular flexibility index (Phi) is 3.92.